The van der Waals surface area contributed by atoms with Crippen LogP contribution in [0.4, 0.5) is 0 Å². The predicted molar refractivity (Wildman–Crippen MR) is 101 cm³/mol. The zero-order valence-electron chi connectivity index (χ0n) is 14.4. The van der Waals surface area contributed by atoms with Gasteiger partial charge in [0.15, 0.2) is 11.5 Å². The summed E-state index contributed by atoms with van der Waals surface area (Å²) in [5.74, 6) is 1.08. The van der Waals surface area contributed by atoms with Gasteiger partial charge in [-0.25, -0.2) is 0 Å². The molecule has 3 N–H and O–H groups in total. The second kappa shape index (κ2) is 6.03. The Bertz CT molecular complexity index is 806. The summed E-state index contributed by atoms with van der Waals surface area (Å²) in [6.45, 7) is 0.979. The molecule has 3 nitrogen and oxygen atoms in total. The van der Waals surface area contributed by atoms with Crippen molar-refractivity contribution in [1.82, 2.24) is 5.32 Å². The molecule has 2 atom stereocenters. The van der Waals surface area contributed by atoms with Crippen LogP contribution < -0.4 is 5.32 Å². The van der Waals surface area contributed by atoms with E-state index in [2.05, 4.69) is 11.4 Å². The van der Waals surface area contributed by atoms with Gasteiger partial charge in [-0.2, -0.15) is 0 Å². The number of hydrogen-bond donors (Lipinski definition) is 3. The average molecular weight is 356 g/mol. The van der Waals surface area contributed by atoms with Gasteiger partial charge in [0.25, 0.3) is 0 Å². The van der Waals surface area contributed by atoms with Crippen LogP contribution in [0.2, 0.25) is 0 Å². The van der Waals surface area contributed by atoms with Gasteiger partial charge in [0.05, 0.1) is 0 Å². The van der Waals surface area contributed by atoms with Crippen LogP contribution in [0, 0.1) is 0 Å². The standard InChI is InChI=1S/C21H25NO2S/c23-17-8-13-6-7-16-21(14(13)9-18(17)24)15-10-19(25-20(15)11-22-16)12-4-2-1-3-5-12/h8-10,12,16,21-24H,1-7,11H2/t16-,21+/m0/s1. The van der Waals surface area contributed by atoms with Gasteiger partial charge in [-0.05, 0) is 66.5 Å². The maximum atomic E-state index is 10.1. The maximum Gasteiger partial charge on any atom is 0.157 e. The van der Waals surface area contributed by atoms with Crippen LogP contribution in [0.5, 0.6) is 11.5 Å². The molecule has 1 aliphatic heterocycles. The molecule has 0 unspecified atom stereocenters. The maximum absolute atomic E-state index is 10.1. The zero-order valence-corrected chi connectivity index (χ0v) is 15.2. The lowest BCUT2D eigenvalue weighted by Gasteiger charge is -2.38. The number of rotatable bonds is 1. The highest BCUT2D eigenvalue weighted by molar-refractivity contribution is 7.12. The molecular formula is C21H25NO2S. The Morgan fingerprint density at radius 3 is 2.56 bits per heavy atom. The van der Waals surface area contributed by atoms with Crippen molar-refractivity contribution in [3.63, 3.8) is 0 Å². The van der Waals surface area contributed by atoms with Crippen LogP contribution in [-0.2, 0) is 13.0 Å². The molecule has 2 aromatic rings. The monoisotopic (exact) mass is 355 g/mol. The summed E-state index contributed by atoms with van der Waals surface area (Å²) in [6, 6.07) is 6.49. The second-order valence-electron chi connectivity index (χ2n) is 7.91. The Hall–Kier alpha value is -1.52. The van der Waals surface area contributed by atoms with Crippen molar-refractivity contribution in [3.05, 3.63) is 44.6 Å². The Balaban J connectivity index is 1.57. The molecule has 1 fully saturated rings. The molecule has 3 aliphatic rings. The van der Waals surface area contributed by atoms with Crippen molar-refractivity contribution in [3.8, 4) is 11.5 Å². The SMILES string of the molecule is Oc1cc2c(cc1O)[C@@H]1c3cc(C4CCCCC4)sc3CN[C@H]1CC2. The molecule has 1 aromatic carbocycles. The number of fused-ring (bicyclic) bond motifs is 5. The molecule has 0 saturated heterocycles. The quantitative estimate of drug-likeness (QED) is 0.647. The van der Waals surface area contributed by atoms with Crippen molar-refractivity contribution < 1.29 is 10.2 Å². The van der Waals surface area contributed by atoms with Crippen LogP contribution >= 0.6 is 11.3 Å². The van der Waals surface area contributed by atoms with E-state index in [4.69, 9.17) is 0 Å². The summed E-state index contributed by atoms with van der Waals surface area (Å²) in [4.78, 5) is 3.05. The molecule has 0 amide bonds. The Labute approximate surface area is 152 Å². The largest absolute Gasteiger partial charge is 0.504 e. The highest BCUT2D eigenvalue weighted by Crippen LogP contribution is 2.48. The predicted octanol–water partition coefficient (Wildman–Crippen LogP) is 4.76. The van der Waals surface area contributed by atoms with Crippen LogP contribution in [0.3, 0.4) is 0 Å². The van der Waals surface area contributed by atoms with Gasteiger partial charge in [0.1, 0.15) is 0 Å². The third-order valence-corrected chi connectivity index (χ3v) is 7.74. The van der Waals surface area contributed by atoms with Gasteiger partial charge in [-0.15, -0.1) is 11.3 Å². The minimum absolute atomic E-state index is 0.00857. The van der Waals surface area contributed by atoms with E-state index < -0.39 is 0 Å². The molecule has 132 valence electrons. The van der Waals surface area contributed by atoms with E-state index in [1.54, 1.807) is 17.0 Å². The normalized spacial score (nSPS) is 25.9. The number of thiophene rings is 1. The van der Waals surface area contributed by atoms with E-state index in [1.165, 1.54) is 53.7 Å². The number of benzene rings is 1. The molecule has 0 spiro atoms. The molecule has 2 heterocycles. The minimum Gasteiger partial charge on any atom is -0.504 e. The minimum atomic E-state index is 0.00857. The van der Waals surface area contributed by atoms with Crippen LogP contribution in [-0.4, -0.2) is 16.3 Å². The van der Waals surface area contributed by atoms with Crippen LogP contribution in [0.1, 0.15) is 76.8 Å². The van der Waals surface area contributed by atoms with Crippen molar-refractivity contribution in [2.75, 3.05) is 0 Å². The third kappa shape index (κ3) is 2.58. The van der Waals surface area contributed by atoms with E-state index in [0.717, 1.165) is 25.3 Å². The molecule has 5 rings (SSSR count). The lowest BCUT2D eigenvalue weighted by molar-refractivity contribution is 0.382. The fourth-order valence-corrected chi connectivity index (χ4v) is 6.45. The lowest BCUT2D eigenvalue weighted by Crippen LogP contribution is -2.41. The fourth-order valence-electron chi connectivity index (χ4n) is 5.12. The van der Waals surface area contributed by atoms with E-state index in [9.17, 15) is 10.2 Å². The molecule has 1 aromatic heterocycles. The van der Waals surface area contributed by atoms with Gasteiger partial charge in [0.2, 0.25) is 0 Å². The van der Waals surface area contributed by atoms with E-state index in [-0.39, 0.29) is 11.5 Å². The fraction of sp³-hybridized carbons (Fsp3) is 0.524. The Kier molecular flexibility index (Phi) is 3.79. The first kappa shape index (κ1) is 15.7. The lowest BCUT2D eigenvalue weighted by atomic mass is 9.73. The number of nitrogens with one attached hydrogen (secondary N) is 1. The first-order chi connectivity index (χ1) is 12.2. The third-order valence-electron chi connectivity index (χ3n) is 6.43. The van der Waals surface area contributed by atoms with Crippen molar-refractivity contribution in [2.45, 2.75) is 69.4 Å². The molecule has 4 heteroatoms. The van der Waals surface area contributed by atoms with Gasteiger partial charge < -0.3 is 15.5 Å². The van der Waals surface area contributed by atoms with Crippen molar-refractivity contribution >= 4 is 11.3 Å². The van der Waals surface area contributed by atoms with Gasteiger partial charge in [-0.3, -0.25) is 0 Å². The molecule has 25 heavy (non-hydrogen) atoms. The van der Waals surface area contributed by atoms with Gasteiger partial charge >= 0.3 is 0 Å². The molecule has 0 bridgehead atoms. The van der Waals surface area contributed by atoms with Crippen molar-refractivity contribution in [2.24, 2.45) is 0 Å². The number of aryl methyl sites for hydroxylation is 1. The molecule has 0 radical (unpaired) electrons. The molecular weight excluding hydrogens is 330 g/mol. The zero-order chi connectivity index (χ0) is 17.0. The average Bonchev–Trinajstić information content (AvgIpc) is 3.07. The number of hydrogen-bond acceptors (Lipinski definition) is 4. The highest BCUT2D eigenvalue weighted by atomic mass is 32.1. The first-order valence-corrected chi connectivity index (χ1v) is 10.4. The second-order valence-corrected chi connectivity index (χ2v) is 9.07. The highest BCUT2D eigenvalue weighted by Gasteiger charge is 2.37. The summed E-state index contributed by atoms with van der Waals surface area (Å²) in [7, 11) is 0. The smallest absolute Gasteiger partial charge is 0.157 e. The van der Waals surface area contributed by atoms with Gasteiger partial charge in [0, 0.05) is 28.3 Å². The van der Waals surface area contributed by atoms with E-state index in [1.807, 2.05) is 11.3 Å². The number of aromatic hydroxyl groups is 2. The summed E-state index contributed by atoms with van der Waals surface area (Å²) in [6.07, 6.45) is 8.87. The molecule has 1 saturated carbocycles. The van der Waals surface area contributed by atoms with Gasteiger partial charge in [-0.1, -0.05) is 19.3 Å². The van der Waals surface area contributed by atoms with E-state index >= 15 is 0 Å². The number of phenolic OH excluding ortho intramolecular Hbond substituents is 2. The Morgan fingerprint density at radius 1 is 0.920 bits per heavy atom. The van der Waals surface area contributed by atoms with Crippen molar-refractivity contribution in [1.29, 1.82) is 0 Å². The summed E-state index contributed by atoms with van der Waals surface area (Å²) in [5, 5.41) is 23.7. The Morgan fingerprint density at radius 2 is 1.72 bits per heavy atom. The van der Waals surface area contributed by atoms with Crippen LogP contribution in [0.25, 0.3) is 0 Å². The van der Waals surface area contributed by atoms with E-state index in [0.29, 0.717) is 12.0 Å². The van der Waals surface area contributed by atoms with Crippen LogP contribution in [0.15, 0.2) is 18.2 Å². The summed E-state index contributed by atoms with van der Waals surface area (Å²) in [5.41, 5.74) is 3.87. The molecule has 2 aliphatic carbocycles. The first-order valence-electron chi connectivity index (χ1n) is 9.61. The number of phenols is 2. The summed E-state index contributed by atoms with van der Waals surface area (Å²) >= 11 is 2.01. The topological polar surface area (TPSA) is 52.5 Å². The summed E-state index contributed by atoms with van der Waals surface area (Å²) < 4.78 is 0.